The third-order valence-electron chi connectivity index (χ3n) is 1.83. The summed E-state index contributed by atoms with van der Waals surface area (Å²) in [7, 11) is 0. The van der Waals surface area contributed by atoms with Crippen LogP contribution in [0.4, 0.5) is 5.69 Å². The van der Waals surface area contributed by atoms with E-state index in [1.165, 1.54) is 0 Å². The number of furan rings is 1. The average molecular weight is 177 g/mol. The van der Waals surface area contributed by atoms with Gasteiger partial charge in [-0.1, -0.05) is 12.1 Å². The van der Waals surface area contributed by atoms with Gasteiger partial charge in [0.25, 0.3) is 0 Å². The van der Waals surface area contributed by atoms with Gasteiger partial charge in [0.05, 0.1) is 5.69 Å². The number of hydrogen-bond donors (Lipinski definition) is 2. The van der Waals surface area contributed by atoms with E-state index in [2.05, 4.69) is 0 Å². The van der Waals surface area contributed by atoms with Gasteiger partial charge in [0.1, 0.15) is 5.58 Å². The van der Waals surface area contributed by atoms with Gasteiger partial charge < -0.3 is 15.3 Å². The molecule has 2 rings (SSSR count). The fraction of sp³-hybridized carbons (Fsp3) is 0. The van der Waals surface area contributed by atoms with Gasteiger partial charge in [0.2, 0.25) is 5.76 Å². The lowest BCUT2D eigenvalue weighted by Gasteiger charge is -1.87. The lowest BCUT2D eigenvalue weighted by atomic mass is 10.2. The molecule has 0 saturated heterocycles. The molecule has 4 heteroatoms. The molecule has 1 aromatic carbocycles. The third-order valence-corrected chi connectivity index (χ3v) is 1.83. The standard InChI is InChI=1S/C9H7NO3/c10-7-5-3-1-2-4-6(5)13-8(7)9(11)12/h1-4H,10H2,(H,11,12). The number of nitrogen functional groups attached to an aromatic ring is 1. The molecule has 0 unspecified atom stereocenters. The lowest BCUT2D eigenvalue weighted by Crippen LogP contribution is -1.98. The van der Waals surface area contributed by atoms with E-state index < -0.39 is 5.97 Å². The lowest BCUT2D eigenvalue weighted by molar-refractivity contribution is 0.0666. The average Bonchev–Trinajstić information content (AvgIpc) is 2.45. The second-order valence-corrected chi connectivity index (χ2v) is 2.65. The first-order chi connectivity index (χ1) is 6.20. The van der Waals surface area contributed by atoms with Crippen LogP contribution in [0.15, 0.2) is 28.7 Å². The third kappa shape index (κ3) is 1.03. The fourth-order valence-corrected chi connectivity index (χ4v) is 1.22. The number of carbonyl (C=O) groups is 1. The minimum absolute atomic E-state index is 0.183. The topological polar surface area (TPSA) is 76.5 Å². The molecule has 0 aliphatic carbocycles. The van der Waals surface area contributed by atoms with Crippen LogP contribution in [0.2, 0.25) is 0 Å². The molecular weight excluding hydrogens is 170 g/mol. The maximum atomic E-state index is 10.6. The molecule has 3 N–H and O–H groups in total. The summed E-state index contributed by atoms with van der Waals surface area (Å²) in [5, 5.41) is 9.33. The summed E-state index contributed by atoms with van der Waals surface area (Å²) < 4.78 is 5.04. The summed E-state index contributed by atoms with van der Waals surface area (Å²) in [4.78, 5) is 10.6. The molecule has 0 radical (unpaired) electrons. The molecule has 0 fully saturated rings. The van der Waals surface area contributed by atoms with Crippen LogP contribution in [-0.2, 0) is 0 Å². The van der Waals surface area contributed by atoms with Crippen LogP contribution in [0, 0.1) is 0 Å². The molecule has 0 aliphatic heterocycles. The summed E-state index contributed by atoms with van der Waals surface area (Å²) >= 11 is 0. The van der Waals surface area contributed by atoms with E-state index >= 15 is 0 Å². The number of anilines is 1. The summed E-state index contributed by atoms with van der Waals surface area (Å²) in [6.45, 7) is 0. The van der Waals surface area contributed by atoms with E-state index in [0.717, 1.165) is 0 Å². The van der Waals surface area contributed by atoms with Gasteiger partial charge in [-0.15, -0.1) is 0 Å². The van der Waals surface area contributed by atoms with Gasteiger partial charge in [-0.3, -0.25) is 0 Å². The Hall–Kier alpha value is -1.97. The van der Waals surface area contributed by atoms with Crippen LogP contribution >= 0.6 is 0 Å². The van der Waals surface area contributed by atoms with Crippen molar-refractivity contribution in [2.24, 2.45) is 0 Å². The number of nitrogens with two attached hydrogens (primary N) is 1. The van der Waals surface area contributed by atoms with Gasteiger partial charge in [-0.05, 0) is 12.1 Å². The molecular formula is C9H7NO3. The van der Waals surface area contributed by atoms with Crippen molar-refractivity contribution < 1.29 is 14.3 Å². The predicted molar refractivity (Wildman–Crippen MR) is 47.6 cm³/mol. The summed E-state index contributed by atoms with van der Waals surface area (Å²) in [5.41, 5.74) is 6.25. The van der Waals surface area contributed by atoms with Crippen LogP contribution in [-0.4, -0.2) is 11.1 Å². The Morgan fingerprint density at radius 3 is 2.69 bits per heavy atom. The number of carboxylic acids is 1. The molecule has 0 bridgehead atoms. The molecule has 13 heavy (non-hydrogen) atoms. The Bertz CT molecular complexity index is 473. The van der Waals surface area contributed by atoms with Crippen LogP contribution in [0.5, 0.6) is 0 Å². The number of benzene rings is 1. The SMILES string of the molecule is Nc1c(C(=O)O)oc2ccccc12. The highest BCUT2D eigenvalue weighted by molar-refractivity contribution is 6.02. The van der Waals surface area contributed by atoms with Gasteiger partial charge in [-0.25, -0.2) is 4.79 Å². The molecule has 0 spiro atoms. The Morgan fingerprint density at radius 1 is 1.38 bits per heavy atom. The van der Waals surface area contributed by atoms with E-state index in [9.17, 15) is 4.79 Å². The van der Waals surface area contributed by atoms with E-state index in [1.54, 1.807) is 24.3 Å². The van der Waals surface area contributed by atoms with Crippen LogP contribution in [0.1, 0.15) is 10.6 Å². The molecule has 1 heterocycles. The number of rotatable bonds is 1. The van der Waals surface area contributed by atoms with Crippen molar-refractivity contribution in [3.63, 3.8) is 0 Å². The Kier molecular flexibility index (Phi) is 1.48. The zero-order valence-electron chi connectivity index (χ0n) is 6.65. The summed E-state index contributed by atoms with van der Waals surface area (Å²) in [6.07, 6.45) is 0. The first kappa shape index (κ1) is 7.67. The molecule has 0 saturated carbocycles. The highest BCUT2D eigenvalue weighted by Gasteiger charge is 2.16. The molecule has 4 nitrogen and oxygen atoms in total. The van der Waals surface area contributed by atoms with Crippen molar-refractivity contribution >= 4 is 22.6 Å². The fourth-order valence-electron chi connectivity index (χ4n) is 1.22. The van der Waals surface area contributed by atoms with Crippen molar-refractivity contribution in [1.82, 2.24) is 0 Å². The maximum absolute atomic E-state index is 10.6. The van der Waals surface area contributed by atoms with Gasteiger partial charge in [0, 0.05) is 5.39 Å². The smallest absolute Gasteiger partial charge is 0.374 e. The van der Waals surface area contributed by atoms with Crippen molar-refractivity contribution in [3.8, 4) is 0 Å². The summed E-state index contributed by atoms with van der Waals surface area (Å²) in [6, 6.07) is 6.94. The Labute approximate surface area is 73.6 Å². The second-order valence-electron chi connectivity index (χ2n) is 2.65. The van der Waals surface area contributed by atoms with Crippen LogP contribution < -0.4 is 5.73 Å². The molecule has 2 aromatic rings. The van der Waals surface area contributed by atoms with Crippen molar-refractivity contribution in [3.05, 3.63) is 30.0 Å². The van der Waals surface area contributed by atoms with Gasteiger partial charge in [-0.2, -0.15) is 0 Å². The second kappa shape index (κ2) is 2.52. The molecule has 1 aromatic heterocycles. The number of aromatic carboxylic acids is 1. The zero-order chi connectivity index (χ0) is 9.42. The Balaban J connectivity index is 2.81. The highest BCUT2D eigenvalue weighted by Crippen LogP contribution is 2.27. The minimum atomic E-state index is -1.14. The highest BCUT2D eigenvalue weighted by atomic mass is 16.4. The maximum Gasteiger partial charge on any atom is 0.374 e. The van der Waals surface area contributed by atoms with E-state index in [1.807, 2.05) is 0 Å². The van der Waals surface area contributed by atoms with E-state index in [-0.39, 0.29) is 11.4 Å². The number of para-hydroxylation sites is 1. The predicted octanol–water partition coefficient (Wildman–Crippen LogP) is 1.71. The molecule has 0 aliphatic rings. The summed E-state index contributed by atoms with van der Waals surface area (Å²) in [5.74, 6) is -1.34. The van der Waals surface area contributed by atoms with E-state index in [0.29, 0.717) is 11.0 Å². The first-order valence-electron chi connectivity index (χ1n) is 3.70. The molecule has 0 atom stereocenters. The normalized spacial score (nSPS) is 10.5. The largest absolute Gasteiger partial charge is 0.475 e. The van der Waals surface area contributed by atoms with E-state index in [4.69, 9.17) is 15.3 Å². The van der Waals surface area contributed by atoms with Crippen molar-refractivity contribution in [1.29, 1.82) is 0 Å². The zero-order valence-corrected chi connectivity index (χ0v) is 6.65. The van der Waals surface area contributed by atoms with Gasteiger partial charge >= 0.3 is 5.97 Å². The van der Waals surface area contributed by atoms with Gasteiger partial charge in [0.15, 0.2) is 0 Å². The first-order valence-corrected chi connectivity index (χ1v) is 3.70. The number of carboxylic acid groups (broad SMARTS) is 1. The van der Waals surface area contributed by atoms with Crippen molar-refractivity contribution in [2.75, 3.05) is 5.73 Å². The van der Waals surface area contributed by atoms with Crippen LogP contribution in [0.25, 0.3) is 11.0 Å². The monoisotopic (exact) mass is 177 g/mol. The molecule has 66 valence electrons. The molecule has 0 amide bonds. The number of hydrogen-bond acceptors (Lipinski definition) is 3. The van der Waals surface area contributed by atoms with Crippen LogP contribution in [0.3, 0.4) is 0 Å². The van der Waals surface area contributed by atoms with Crippen molar-refractivity contribution in [2.45, 2.75) is 0 Å². The quantitative estimate of drug-likeness (QED) is 0.695. The minimum Gasteiger partial charge on any atom is -0.475 e. The Morgan fingerprint density at radius 2 is 2.08 bits per heavy atom. The number of fused-ring (bicyclic) bond motifs is 1.